The molecule has 3 N–H and O–H groups in total. The van der Waals surface area contributed by atoms with Crippen LogP contribution in [0.15, 0.2) is 0 Å². The van der Waals surface area contributed by atoms with Crippen molar-refractivity contribution in [3.05, 3.63) is 0 Å². The van der Waals surface area contributed by atoms with Gasteiger partial charge in [0.25, 0.3) is 0 Å². The first-order valence-corrected chi connectivity index (χ1v) is 6.53. The lowest BCUT2D eigenvalue weighted by atomic mass is 9.96. The second-order valence-corrected chi connectivity index (χ2v) is 6.21. The van der Waals surface area contributed by atoms with E-state index in [9.17, 15) is 9.90 Å². The second kappa shape index (κ2) is 5.55. The van der Waals surface area contributed by atoms with E-state index in [1.54, 1.807) is 6.92 Å². The standard InChI is InChI=1S/C13H26N2O3/c1-9(11(16)15-12(3,4)5)14-8-13(17)6-7-18-10(13)2/h9-10,14,17H,6-8H2,1-5H3,(H,15,16). The lowest BCUT2D eigenvalue weighted by Crippen LogP contribution is -2.54. The van der Waals surface area contributed by atoms with Crippen molar-refractivity contribution in [3.8, 4) is 0 Å². The van der Waals surface area contributed by atoms with Crippen LogP contribution < -0.4 is 10.6 Å². The van der Waals surface area contributed by atoms with E-state index in [4.69, 9.17) is 4.74 Å². The van der Waals surface area contributed by atoms with Gasteiger partial charge in [0, 0.05) is 25.1 Å². The van der Waals surface area contributed by atoms with Crippen molar-refractivity contribution in [2.75, 3.05) is 13.2 Å². The monoisotopic (exact) mass is 258 g/mol. The zero-order valence-electron chi connectivity index (χ0n) is 12.0. The lowest BCUT2D eigenvalue weighted by Gasteiger charge is -2.29. The molecule has 0 bridgehead atoms. The number of hydrogen-bond acceptors (Lipinski definition) is 4. The maximum absolute atomic E-state index is 11.9. The Morgan fingerprint density at radius 1 is 1.56 bits per heavy atom. The SMILES string of the molecule is CC(NCC1(O)CCOC1C)C(=O)NC(C)(C)C. The average molecular weight is 258 g/mol. The topological polar surface area (TPSA) is 70.6 Å². The molecule has 0 radical (unpaired) electrons. The maximum atomic E-state index is 11.9. The summed E-state index contributed by atoms with van der Waals surface area (Å²) < 4.78 is 5.35. The van der Waals surface area contributed by atoms with E-state index in [0.29, 0.717) is 19.6 Å². The van der Waals surface area contributed by atoms with Crippen LogP contribution in [0.5, 0.6) is 0 Å². The molecule has 5 nitrogen and oxygen atoms in total. The third-order valence-electron chi connectivity index (χ3n) is 3.27. The second-order valence-electron chi connectivity index (χ2n) is 6.21. The molecule has 1 amide bonds. The van der Waals surface area contributed by atoms with Crippen LogP contribution in [0, 0.1) is 0 Å². The van der Waals surface area contributed by atoms with E-state index in [0.717, 1.165) is 0 Å². The summed E-state index contributed by atoms with van der Waals surface area (Å²) in [4.78, 5) is 11.9. The minimum absolute atomic E-state index is 0.0577. The zero-order valence-corrected chi connectivity index (χ0v) is 12.0. The number of rotatable bonds is 4. The molecule has 18 heavy (non-hydrogen) atoms. The third kappa shape index (κ3) is 4.23. The van der Waals surface area contributed by atoms with Gasteiger partial charge in [0.15, 0.2) is 0 Å². The van der Waals surface area contributed by atoms with Crippen LogP contribution >= 0.6 is 0 Å². The van der Waals surface area contributed by atoms with Crippen LogP contribution in [0.3, 0.4) is 0 Å². The first kappa shape index (κ1) is 15.4. The molecule has 1 rings (SSSR count). The van der Waals surface area contributed by atoms with Gasteiger partial charge in [-0.3, -0.25) is 4.79 Å². The fourth-order valence-electron chi connectivity index (χ4n) is 1.90. The Morgan fingerprint density at radius 2 is 2.17 bits per heavy atom. The molecule has 1 fully saturated rings. The summed E-state index contributed by atoms with van der Waals surface area (Å²) in [5.74, 6) is -0.0577. The number of hydrogen-bond donors (Lipinski definition) is 3. The van der Waals surface area contributed by atoms with E-state index in [2.05, 4.69) is 10.6 Å². The molecule has 0 aliphatic carbocycles. The summed E-state index contributed by atoms with van der Waals surface area (Å²) >= 11 is 0. The number of aliphatic hydroxyl groups is 1. The van der Waals surface area contributed by atoms with Gasteiger partial charge < -0.3 is 20.5 Å². The molecule has 1 heterocycles. The highest BCUT2D eigenvalue weighted by molar-refractivity contribution is 5.81. The first-order valence-electron chi connectivity index (χ1n) is 6.53. The first-order chi connectivity index (χ1) is 8.14. The van der Waals surface area contributed by atoms with E-state index in [1.807, 2.05) is 27.7 Å². The van der Waals surface area contributed by atoms with Crippen LogP contribution in [0.1, 0.15) is 41.0 Å². The molecular formula is C13H26N2O3. The van der Waals surface area contributed by atoms with Crippen LogP contribution in [0.4, 0.5) is 0 Å². The van der Waals surface area contributed by atoms with E-state index >= 15 is 0 Å². The Labute approximate surface area is 109 Å². The highest BCUT2D eigenvalue weighted by Crippen LogP contribution is 2.24. The zero-order chi connectivity index (χ0) is 14.0. The molecule has 3 unspecified atom stereocenters. The Balaban J connectivity index is 2.41. The van der Waals surface area contributed by atoms with Gasteiger partial charge >= 0.3 is 0 Å². The molecule has 0 aromatic carbocycles. The van der Waals surface area contributed by atoms with Crippen molar-refractivity contribution in [3.63, 3.8) is 0 Å². The van der Waals surface area contributed by atoms with Crippen LogP contribution in [-0.2, 0) is 9.53 Å². The molecule has 106 valence electrons. The predicted molar refractivity (Wildman–Crippen MR) is 70.3 cm³/mol. The summed E-state index contributed by atoms with van der Waals surface area (Å²) in [6.45, 7) is 10.4. The number of carbonyl (C=O) groups excluding carboxylic acids is 1. The number of carbonyl (C=O) groups is 1. The summed E-state index contributed by atoms with van der Waals surface area (Å²) in [6.07, 6.45) is 0.414. The minimum Gasteiger partial charge on any atom is -0.386 e. The van der Waals surface area contributed by atoms with Gasteiger partial charge in [0.2, 0.25) is 5.91 Å². The van der Waals surface area contributed by atoms with Crippen molar-refractivity contribution in [1.29, 1.82) is 0 Å². The molecule has 0 aromatic heterocycles. The van der Waals surface area contributed by atoms with Gasteiger partial charge in [-0.15, -0.1) is 0 Å². The van der Waals surface area contributed by atoms with Gasteiger partial charge in [-0.2, -0.15) is 0 Å². The number of nitrogens with one attached hydrogen (secondary N) is 2. The Morgan fingerprint density at radius 3 is 2.61 bits per heavy atom. The molecule has 1 aliphatic rings. The highest BCUT2D eigenvalue weighted by atomic mass is 16.5. The van der Waals surface area contributed by atoms with Crippen molar-refractivity contribution >= 4 is 5.91 Å². The number of amides is 1. The van der Waals surface area contributed by atoms with Gasteiger partial charge in [0.05, 0.1) is 12.1 Å². The van der Waals surface area contributed by atoms with E-state index in [-0.39, 0.29) is 23.6 Å². The Hall–Kier alpha value is -0.650. The van der Waals surface area contributed by atoms with E-state index in [1.165, 1.54) is 0 Å². The van der Waals surface area contributed by atoms with Crippen molar-refractivity contribution in [1.82, 2.24) is 10.6 Å². The Kier molecular flexibility index (Phi) is 4.75. The molecule has 3 atom stereocenters. The van der Waals surface area contributed by atoms with Crippen LogP contribution in [0.2, 0.25) is 0 Å². The quantitative estimate of drug-likeness (QED) is 0.683. The molecule has 0 aromatic rings. The summed E-state index contributed by atoms with van der Waals surface area (Å²) in [5, 5.41) is 16.3. The van der Waals surface area contributed by atoms with Crippen molar-refractivity contribution in [2.24, 2.45) is 0 Å². The van der Waals surface area contributed by atoms with Crippen molar-refractivity contribution < 1.29 is 14.6 Å². The molecule has 5 heteroatoms. The molecule has 1 aliphatic heterocycles. The molecule has 1 saturated heterocycles. The maximum Gasteiger partial charge on any atom is 0.237 e. The molecule has 0 saturated carbocycles. The summed E-state index contributed by atoms with van der Waals surface area (Å²) in [6, 6.07) is -0.332. The minimum atomic E-state index is -0.865. The smallest absolute Gasteiger partial charge is 0.237 e. The molecule has 0 spiro atoms. The van der Waals surface area contributed by atoms with Gasteiger partial charge in [0.1, 0.15) is 5.60 Å². The Bertz CT molecular complexity index is 301. The summed E-state index contributed by atoms with van der Waals surface area (Å²) in [7, 11) is 0. The fraction of sp³-hybridized carbons (Fsp3) is 0.923. The van der Waals surface area contributed by atoms with Gasteiger partial charge in [-0.25, -0.2) is 0 Å². The highest BCUT2D eigenvalue weighted by Gasteiger charge is 2.39. The van der Waals surface area contributed by atoms with Crippen LogP contribution in [0.25, 0.3) is 0 Å². The fourth-order valence-corrected chi connectivity index (χ4v) is 1.90. The van der Waals surface area contributed by atoms with Crippen molar-refractivity contribution in [2.45, 2.75) is 64.3 Å². The van der Waals surface area contributed by atoms with Gasteiger partial charge in [-0.05, 0) is 34.6 Å². The average Bonchev–Trinajstić information content (AvgIpc) is 2.54. The van der Waals surface area contributed by atoms with E-state index < -0.39 is 5.60 Å². The third-order valence-corrected chi connectivity index (χ3v) is 3.27. The van der Waals surface area contributed by atoms with Crippen LogP contribution in [-0.4, -0.2) is 47.5 Å². The lowest BCUT2D eigenvalue weighted by molar-refractivity contribution is -0.124. The number of ether oxygens (including phenoxy) is 1. The van der Waals surface area contributed by atoms with Gasteiger partial charge in [-0.1, -0.05) is 0 Å². The molecular weight excluding hydrogens is 232 g/mol. The summed E-state index contributed by atoms with van der Waals surface area (Å²) in [5.41, 5.74) is -1.11. The largest absolute Gasteiger partial charge is 0.386 e. The predicted octanol–water partition coefficient (Wildman–Crippen LogP) is 0.419. The normalized spacial score (nSPS) is 30.2.